The van der Waals surface area contributed by atoms with Crippen LogP contribution in [0.4, 0.5) is 14.5 Å². The fourth-order valence-corrected chi connectivity index (χ4v) is 2.16. The Morgan fingerprint density at radius 3 is 1.80 bits per heavy atom. The Labute approximate surface area is 114 Å². The van der Waals surface area contributed by atoms with Crippen molar-refractivity contribution in [3.05, 3.63) is 38.8 Å². The molecule has 0 aliphatic heterocycles. The van der Waals surface area contributed by atoms with Gasteiger partial charge in [-0.25, -0.2) is 13.6 Å². The fourth-order valence-electron chi connectivity index (χ4n) is 2.16. The maximum absolute atomic E-state index is 14.3. The van der Waals surface area contributed by atoms with Crippen molar-refractivity contribution < 1.29 is 18.7 Å². The van der Waals surface area contributed by atoms with E-state index in [0.717, 1.165) is 0 Å². The highest BCUT2D eigenvalue weighted by Gasteiger charge is 2.30. The lowest BCUT2D eigenvalue weighted by Crippen LogP contribution is -2.14. The Hall–Kier alpha value is -2.14. The third kappa shape index (κ3) is 2.58. The van der Waals surface area contributed by atoms with Crippen molar-refractivity contribution in [2.45, 2.75) is 39.5 Å². The molecule has 1 aromatic rings. The van der Waals surface area contributed by atoms with Gasteiger partial charge in [-0.1, -0.05) is 32.8 Å². The molecule has 0 fully saturated rings. The van der Waals surface area contributed by atoms with E-state index in [1.54, 1.807) is 27.7 Å². The summed E-state index contributed by atoms with van der Waals surface area (Å²) in [5, 5.41) is 12.3. The van der Waals surface area contributed by atoms with Crippen LogP contribution in [0, 0.1) is 11.6 Å². The van der Waals surface area contributed by atoms with Crippen molar-refractivity contribution >= 4 is 11.7 Å². The van der Waals surface area contributed by atoms with Crippen molar-refractivity contribution in [3.8, 4) is 0 Å². The Bertz CT molecular complexity index is 571. The highest BCUT2D eigenvalue weighted by atomic mass is 19.1. The second-order valence-corrected chi connectivity index (χ2v) is 4.98. The molecule has 0 aliphatic rings. The molecule has 0 radical (unpaired) electrons. The van der Waals surface area contributed by atoms with Gasteiger partial charge in [0.05, 0.1) is 5.56 Å². The van der Waals surface area contributed by atoms with Gasteiger partial charge < -0.3 is 5.11 Å². The number of halogens is 2. The molecule has 0 unspecified atom stereocenters. The molecule has 0 heterocycles. The number of nitrogens with zero attached hydrogens (tertiary/aromatic N) is 3. The number of hydrogen-bond donors (Lipinski definition) is 1. The van der Waals surface area contributed by atoms with Crippen molar-refractivity contribution in [2.75, 3.05) is 0 Å². The highest BCUT2D eigenvalue weighted by Crippen LogP contribution is 2.39. The lowest BCUT2D eigenvalue weighted by Gasteiger charge is -2.20. The molecule has 0 aliphatic carbocycles. The summed E-state index contributed by atoms with van der Waals surface area (Å²) in [5.74, 6) is -4.62. The maximum Gasteiger partial charge on any atom is 0.336 e. The summed E-state index contributed by atoms with van der Waals surface area (Å²) in [7, 11) is 0. The summed E-state index contributed by atoms with van der Waals surface area (Å²) in [6.07, 6.45) is 0. The second kappa shape index (κ2) is 5.88. The first-order chi connectivity index (χ1) is 9.23. The smallest absolute Gasteiger partial charge is 0.336 e. The molecule has 0 saturated heterocycles. The first-order valence-corrected chi connectivity index (χ1v) is 6.07. The number of hydrogen-bond acceptors (Lipinski definition) is 2. The van der Waals surface area contributed by atoms with Crippen LogP contribution in [-0.2, 0) is 0 Å². The number of rotatable bonds is 4. The number of carboxylic acids is 1. The predicted octanol–water partition coefficient (Wildman–Crippen LogP) is 4.85. The zero-order chi connectivity index (χ0) is 15.6. The van der Waals surface area contributed by atoms with Gasteiger partial charge in [0.25, 0.3) is 0 Å². The van der Waals surface area contributed by atoms with E-state index >= 15 is 0 Å². The lowest BCUT2D eigenvalue weighted by molar-refractivity contribution is 0.0692. The molecule has 20 heavy (non-hydrogen) atoms. The van der Waals surface area contributed by atoms with Gasteiger partial charge >= 0.3 is 5.97 Å². The first kappa shape index (κ1) is 15.9. The Balaban J connectivity index is 4.01. The van der Waals surface area contributed by atoms with Gasteiger partial charge in [-0.2, -0.15) is 0 Å². The van der Waals surface area contributed by atoms with Gasteiger partial charge in [0, 0.05) is 16.0 Å². The zero-order valence-corrected chi connectivity index (χ0v) is 11.6. The zero-order valence-electron chi connectivity index (χ0n) is 11.6. The minimum absolute atomic E-state index is 0.148. The molecule has 1 N–H and O–H groups in total. The molecule has 0 spiro atoms. The van der Waals surface area contributed by atoms with Crippen LogP contribution in [0.3, 0.4) is 0 Å². The topological polar surface area (TPSA) is 86.1 Å². The summed E-state index contributed by atoms with van der Waals surface area (Å²) < 4.78 is 28.5. The van der Waals surface area contributed by atoms with Crippen molar-refractivity contribution in [3.63, 3.8) is 0 Å². The number of carbonyl (C=O) groups is 1. The third-order valence-corrected chi connectivity index (χ3v) is 2.94. The quantitative estimate of drug-likeness (QED) is 0.486. The Morgan fingerprint density at radius 2 is 1.55 bits per heavy atom. The molecule has 0 amide bonds. The molecule has 5 nitrogen and oxygen atoms in total. The van der Waals surface area contributed by atoms with E-state index in [1.165, 1.54) is 0 Å². The molecule has 0 bridgehead atoms. The predicted molar refractivity (Wildman–Crippen MR) is 70.3 cm³/mol. The van der Waals surface area contributed by atoms with Crippen LogP contribution in [0.1, 0.15) is 61.0 Å². The Kier molecular flexibility index (Phi) is 4.68. The first-order valence-electron chi connectivity index (χ1n) is 6.07. The van der Waals surface area contributed by atoms with E-state index in [0.29, 0.717) is 0 Å². The normalized spacial score (nSPS) is 10.8. The van der Waals surface area contributed by atoms with Crippen molar-refractivity contribution in [1.82, 2.24) is 0 Å². The van der Waals surface area contributed by atoms with Crippen LogP contribution in [0.5, 0.6) is 0 Å². The number of carboxylic acid groups (broad SMARTS) is 1. The average Bonchev–Trinajstić information content (AvgIpc) is 2.32. The third-order valence-electron chi connectivity index (χ3n) is 2.94. The van der Waals surface area contributed by atoms with E-state index in [2.05, 4.69) is 10.0 Å². The van der Waals surface area contributed by atoms with Crippen LogP contribution in [0.15, 0.2) is 5.11 Å². The molecule has 0 aromatic heterocycles. The summed E-state index contributed by atoms with van der Waals surface area (Å²) >= 11 is 0. The highest BCUT2D eigenvalue weighted by molar-refractivity contribution is 5.92. The van der Waals surface area contributed by atoms with E-state index in [-0.39, 0.29) is 16.7 Å². The van der Waals surface area contributed by atoms with E-state index < -0.39 is 35.1 Å². The van der Waals surface area contributed by atoms with E-state index in [1.807, 2.05) is 0 Å². The number of aromatic carboxylic acids is 1. The largest absolute Gasteiger partial charge is 0.478 e. The monoisotopic (exact) mass is 283 g/mol. The molecule has 1 rings (SSSR count). The molecular formula is C13H15F2N3O2. The van der Waals surface area contributed by atoms with Gasteiger partial charge in [0.2, 0.25) is 0 Å². The minimum Gasteiger partial charge on any atom is -0.478 e. The standard InChI is InChI=1S/C13H15F2N3O2/c1-5(2)7-9(13(19)20)8(6(3)4)11(15)12(10(7)14)17-18-16/h5-6H,1-4H3,(H,19,20). The minimum atomic E-state index is -1.40. The summed E-state index contributed by atoms with van der Waals surface area (Å²) in [4.78, 5) is 13.8. The average molecular weight is 283 g/mol. The summed E-state index contributed by atoms with van der Waals surface area (Å²) in [6.45, 7) is 6.36. The van der Waals surface area contributed by atoms with Crippen LogP contribution in [0.2, 0.25) is 0 Å². The second-order valence-electron chi connectivity index (χ2n) is 4.98. The lowest BCUT2D eigenvalue weighted by atomic mass is 9.87. The number of benzene rings is 1. The fraction of sp³-hybridized carbons (Fsp3) is 0.462. The van der Waals surface area contributed by atoms with Crippen LogP contribution in [-0.4, -0.2) is 11.1 Å². The van der Waals surface area contributed by atoms with E-state index in [9.17, 15) is 18.7 Å². The molecule has 108 valence electrons. The summed E-state index contributed by atoms with van der Waals surface area (Å²) in [5.41, 5.74) is 6.96. The molecule has 1 aromatic carbocycles. The van der Waals surface area contributed by atoms with Crippen molar-refractivity contribution in [1.29, 1.82) is 0 Å². The SMILES string of the molecule is CC(C)c1c(F)c(N=[N+]=[N-])c(F)c(C(C)C)c1C(=O)O. The van der Waals surface area contributed by atoms with Gasteiger partial charge in [-0.15, -0.1) is 0 Å². The molecular weight excluding hydrogens is 268 g/mol. The molecule has 0 saturated carbocycles. The number of azide groups is 1. The van der Waals surface area contributed by atoms with Gasteiger partial charge in [-0.05, 0) is 17.4 Å². The molecule has 0 atom stereocenters. The van der Waals surface area contributed by atoms with Crippen LogP contribution < -0.4 is 0 Å². The van der Waals surface area contributed by atoms with Crippen molar-refractivity contribution in [2.24, 2.45) is 5.11 Å². The summed E-state index contributed by atoms with van der Waals surface area (Å²) in [6, 6.07) is 0. The Morgan fingerprint density at radius 1 is 1.15 bits per heavy atom. The maximum atomic E-state index is 14.3. The van der Waals surface area contributed by atoms with Gasteiger partial charge in [-0.3, -0.25) is 0 Å². The van der Waals surface area contributed by atoms with Gasteiger partial charge in [0.1, 0.15) is 17.3 Å². The van der Waals surface area contributed by atoms with Gasteiger partial charge in [0.15, 0.2) is 0 Å². The molecule has 7 heteroatoms. The van der Waals surface area contributed by atoms with Crippen LogP contribution >= 0.6 is 0 Å². The van der Waals surface area contributed by atoms with E-state index in [4.69, 9.17) is 5.53 Å². The van der Waals surface area contributed by atoms with Crippen LogP contribution in [0.25, 0.3) is 10.4 Å².